The van der Waals surface area contributed by atoms with Crippen molar-refractivity contribution < 1.29 is 5.11 Å². The fourth-order valence-electron chi connectivity index (χ4n) is 1.09. The summed E-state index contributed by atoms with van der Waals surface area (Å²) in [7, 11) is 0. The number of aliphatic hydroxyl groups excluding tert-OH is 1. The van der Waals surface area contributed by atoms with Gasteiger partial charge in [-0.2, -0.15) is 0 Å². The summed E-state index contributed by atoms with van der Waals surface area (Å²) in [4.78, 5) is 0. The average Bonchev–Trinajstić information content (AvgIpc) is 2.17. The second-order valence-corrected chi connectivity index (χ2v) is 3.42. The molecule has 0 aromatic carbocycles. The molecule has 0 aromatic heterocycles. The Morgan fingerprint density at radius 2 is 1.87 bits per heavy atom. The van der Waals surface area contributed by atoms with Gasteiger partial charge in [-0.05, 0) is 31.9 Å². The third-order valence-electron chi connectivity index (χ3n) is 2.07. The lowest BCUT2D eigenvalue weighted by atomic mass is 10.0. The Hall–Kier alpha value is -1.50. The minimum absolute atomic E-state index is 0.0562. The van der Waals surface area contributed by atoms with Crippen molar-refractivity contribution in [1.82, 2.24) is 0 Å². The Bertz CT molecular complexity index is 327. The Morgan fingerprint density at radius 3 is 2.20 bits per heavy atom. The molecule has 0 aliphatic rings. The molecule has 0 unspecified atom stereocenters. The lowest BCUT2D eigenvalue weighted by Gasteiger charge is -2.03. The lowest BCUT2D eigenvalue weighted by Crippen LogP contribution is -1.83. The standard InChI is InChI=1S/C14H20O/c1-6-13(7-2)10-14(11(3)4)9-8-12(5)15/h6,8-10,15H,3,5,7H2,1-2,4H3/b9-8-,13-6-,14-10-. The molecule has 0 spiro atoms. The fourth-order valence-corrected chi connectivity index (χ4v) is 1.09. The largest absolute Gasteiger partial charge is 0.509 e. The second-order valence-electron chi connectivity index (χ2n) is 3.42. The number of rotatable bonds is 5. The van der Waals surface area contributed by atoms with E-state index in [9.17, 15) is 0 Å². The molecular weight excluding hydrogens is 184 g/mol. The van der Waals surface area contributed by atoms with Crippen molar-refractivity contribution in [3.8, 4) is 0 Å². The molecule has 1 N–H and O–H groups in total. The van der Waals surface area contributed by atoms with Crippen LogP contribution in [-0.4, -0.2) is 5.11 Å². The summed E-state index contributed by atoms with van der Waals surface area (Å²) < 4.78 is 0. The molecule has 15 heavy (non-hydrogen) atoms. The van der Waals surface area contributed by atoms with Crippen LogP contribution in [0.4, 0.5) is 0 Å². The molecule has 1 nitrogen and oxygen atoms in total. The highest BCUT2D eigenvalue weighted by Gasteiger charge is 1.95. The molecule has 0 aromatic rings. The van der Waals surface area contributed by atoms with Gasteiger partial charge in [-0.1, -0.05) is 49.5 Å². The maximum absolute atomic E-state index is 8.98. The second kappa shape index (κ2) is 6.88. The molecule has 0 radical (unpaired) electrons. The first-order valence-electron chi connectivity index (χ1n) is 5.10. The van der Waals surface area contributed by atoms with Crippen LogP contribution in [-0.2, 0) is 0 Å². The van der Waals surface area contributed by atoms with Crippen molar-refractivity contribution in [2.75, 3.05) is 0 Å². The predicted octanol–water partition coefficient (Wildman–Crippen LogP) is 4.47. The van der Waals surface area contributed by atoms with Crippen LogP contribution in [0.25, 0.3) is 0 Å². The highest BCUT2D eigenvalue weighted by atomic mass is 16.3. The van der Waals surface area contributed by atoms with E-state index in [1.807, 2.05) is 19.9 Å². The van der Waals surface area contributed by atoms with Gasteiger partial charge in [0.25, 0.3) is 0 Å². The van der Waals surface area contributed by atoms with Crippen LogP contribution < -0.4 is 0 Å². The highest BCUT2D eigenvalue weighted by molar-refractivity contribution is 5.43. The molecule has 0 amide bonds. The van der Waals surface area contributed by atoms with E-state index in [1.165, 1.54) is 5.57 Å². The molecule has 0 heterocycles. The zero-order valence-corrected chi connectivity index (χ0v) is 9.88. The number of hydrogen-bond acceptors (Lipinski definition) is 1. The fraction of sp³-hybridized carbons (Fsp3) is 0.286. The molecule has 0 bridgehead atoms. The predicted molar refractivity (Wildman–Crippen MR) is 67.9 cm³/mol. The van der Waals surface area contributed by atoms with E-state index in [0.717, 1.165) is 17.6 Å². The van der Waals surface area contributed by atoms with Crippen LogP contribution >= 0.6 is 0 Å². The summed E-state index contributed by atoms with van der Waals surface area (Å²) >= 11 is 0. The van der Waals surface area contributed by atoms with Gasteiger partial charge in [-0.15, -0.1) is 0 Å². The van der Waals surface area contributed by atoms with Crippen LogP contribution in [0.1, 0.15) is 27.2 Å². The molecule has 0 atom stereocenters. The minimum Gasteiger partial charge on any atom is -0.509 e. The summed E-state index contributed by atoms with van der Waals surface area (Å²) in [6.45, 7) is 13.4. The van der Waals surface area contributed by atoms with Gasteiger partial charge in [-0.3, -0.25) is 0 Å². The van der Waals surface area contributed by atoms with Crippen LogP contribution in [0.5, 0.6) is 0 Å². The highest BCUT2D eigenvalue weighted by Crippen LogP contribution is 2.14. The lowest BCUT2D eigenvalue weighted by molar-refractivity contribution is 0.435. The third-order valence-corrected chi connectivity index (χ3v) is 2.07. The summed E-state index contributed by atoms with van der Waals surface area (Å²) in [6, 6.07) is 0. The van der Waals surface area contributed by atoms with Crippen LogP contribution in [0.2, 0.25) is 0 Å². The first-order valence-corrected chi connectivity index (χ1v) is 5.10. The third kappa shape index (κ3) is 5.74. The van der Waals surface area contributed by atoms with Gasteiger partial charge >= 0.3 is 0 Å². The van der Waals surface area contributed by atoms with Crippen molar-refractivity contribution in [1.29, 1.82) is 0 Å². The zero-order chi connectivity index (χ0) is 11.8. The van der Waals surface area contributed by atoms with E-state index < -0.39 is 0 Å². The van der Waals surface area contributed by atoms with Crippen molar-refractivity contribution in [2.24, 2.45) is 0 Å². The van der Waals surface area contributed by atoms with E-state index in [0.29, 0.717) is 0 Å². The van der Waals surface area contributed by atoms with Gasteiger partial charge in [-0.25, -0.2) is 0 Å². The quantitative estimate of drug-likeness (QED) is 0.517. The maximum atomic E-state index is 8.98. The van der Waals surface area contributed by atoms with E-state index in [2.05, 4.69) is 32.2 Å². The topological polar surface area (TPSA) is 20.2 Å². The number of hydrogen-bond donors (Lipinski definition) is 1. The zero-order valence-electron chi connectivity index (χ0n) is 9.88. The average molecular weight is 204 g/mol. The van der Waals surface area contributed by atoms with Gasteiger partial charge in [0.15, 0.2) is 0 Å². The molecule has 0 fully saturated rings. The monoisotopic (exact) mass is 204 g/mol. The van der Waals surface area contributed by atoms with Crippen molar-refractivity contribution in [2.45, 2.75) is 27.2 Å². The maximum Gasteiger partial charge on any atom is 0.108 e. The Morgan fingerprint density at radius 1 is 1.27 bits per heavy atom. The van der Waals surface area contributed by atoms with Gasteiger partial charge in [0.1, 0.15) is 5.76 Å². The minimum atomic E-state index is 0.0562. The summed E-state index contributed by atoms with van der Waals surface area (Å²) in [6.07, 6.45) is 8.53. The number of aliphatic hydroxyl groups is 1. The van der Waals surface area contributed by atoms with Crippen molar-refractivity contribution in [3.05, 3.63) is 59.9 Å². The van der Waals surface area contributed by atoms with E-state index in [-0.39, 0.29) is 5.76 Å². The molecule has 1 heteroatoms. The normalized spacial score (nSPS) is 13.3. The van der Waals surface area contributed by atoms with Crippen molar-refractivity contribution in [3.63, 3.8) is 0 Å². The van der Waals surface area contributed by atoms with Crippen molar-refractivity contribution >= 4 is 0 Å². The molecule has 0 aliphatic carbocycles. The SMILES string of the molecule is C=C(O)\C=C/C(=C/C(=C\C)CC)C(=C)C. The van der Waals surface area contributed by atoms with E-state index in [4.69, 9.17) is 5.11 Å². The number of allylic oxidation sites excluding steroid dienone is 7. The summed E-state index contributed by atoms with van der Waals surface area (Å²) in [5, 5.41) is 8.98. The molecule has 0 aliphatic heterocycles. The van der Waals surface area contributed by atoms with Gasteiger partial charge in [0.2, 0.25) is 0 Å². The Kier molecular flexibility index (Phi) is 6.19. The summed E-state index contributed by atoms with van der Waals surface area (Å²) in [5.74, 6) is 0.0562. The molecule has 0 saturated heterocycles. The van der Waals surface area contributed by atoms with Crippen LogP contribution in [0, 0.1) is 0 Å². The van der Waals surface area contributed by atoms with Gasteiger partial charge in [0, 0.05) is 0 Å². The Balaban J connectivity index is 4.97. The first-order chi connectivity index (χ1) is 7.01. The van der Waals surface area contributed by atoms with Gasteiger partial charge in [0.05, 0.1) is 0 Å². The molecular formula is C14H20O. The molecule has 0 rings (SSSR count). The van der Waals surface area contributed by atoms with E-state index in [1.54, 1.807) is 6.08 Å². The molecule has 82 valence electrons. The molecule has 0 saturated carbocycles. The first kappa shape index (κ1) is 13.5. The van der Waals surface area contributed by atoms with Gasteiger partial charge < -0.3 is 5.11 Å². The Labute approximate surface area is 92.8 Å². The van der Waals surface area contributed by atoms with E-state index >= 15 is 0 Å². The van der Waals surface area contributed by atoms with Crippen LogP contribution in [0.15, 0.2) is 59.9 Å². The summed E-state index contributed by atoms with van der Waals surface area (Å²) in [5.41, 5.74) is 3.24. The smallest absolute Gasteiger partial charge is 0.108 e. The van der Waals surface area contributed by atoms with Crippen LogP contribution in [0.3, 0.4) is 0 Å².